The average Bonchev–Trinajstić information content (AvgIpc) is 2.70. The first-order chi connectivity index (χ1) is 14.3. The first-order valence-electron chi connectivity index (χ1n) is 9.80. The molecule has 0 saturated carbocycles. The minimum absolute atomic E-state index is 0.342. The van der Waals surface area contributed by atoms with Gasteiger partial charge in [0.25, 0.3) is 0 Å². The lowest BCUT2D eigenvalue weighted by atomic mass is 9.95. The Morgan fingerprint density at radius 3 is 2.30 bits per heavy atom. The maximum atomic E-state index is 13.4. The molecule has 0 aliphatic rings. The van der Waals surface area contributed by atoms with Crippen molar-refractivity contribution in [3.63, 3.8) is 0 Å². The number of halogens is 1. The van der Waals surface area contributed by atoms with Crippen LogP contribution in [0.25, 0.3) is 22.2 Å². The SMILES string of the molecule is Cc1ccc(-c2nc3c(C)cc(C)cc3c(C(=O)Oc3ccccc3Cl)c2C)cc1. The van der Waals surface area contributed by atoms with Crippen LogP contribution in [0.1, 0.15) is 32.6 Å². The molecule has 1 aromatic heterocycles. The van der Waals surface area contributed by atoms with Crippen molar-refractivity contribution in [3.8, 4) is 17.0 Å². The molecule has 1 heterocycles. The molecular formula is C26H22ClNO2. The third-order valence-electron chi connectivity index (χ3n) is 5.24. The average molecular weight is 416 g/mol. The number of hydrogen-bond acceptors (Lipinski definition) is 3. The van der Waals surface area contributed by atoms with E-state index in [-0.39, 0.29) is 0 Å². The Bertz CT molecular complexity index is 1280. The zero-order valence-corrected chi connectivity index (χ0v) is 18.2. The Morgan fingerprint density at radius 2 is 1.60 bits per heavy atom. The number of benzene rings is 3. The fourth-order valence-electron chi connectivity index (χ4n) is 3.75. The number of ether oxygens (including phenoxy) is 1. The highest BCUT2D eigenvalue weighted by molar-refractivity contribution is 6.32. The fourth-order valence-corrected chi connectivity index (χ4v) is 3.92. The Labute approximate surface area is 181 Å². The normalized spacial score (nSPS) is 11.0. The van der Waals surface area contributed by atoms with Crippen molar-refractivity contribution in [2.45, 2.75) is 27.7 Å². The summed E-state index contributed by atoms with van der Waals surface area (Å²) >= 11 is 6.22. The van der Waals surface area contributed by atoms with E-state index in [0.717, 1.165) is 38.9 Å². The Balaban J connectivity index is 1.96. The summed E-state index contributed by atoms with van der Waals surface area (Å²) in [6.07, 6.45) is 0. The quantitative estimate of drug-likeness (QED) is 0.267. The van der Waals surface area contributed by atoms with Gasteiger partial charge in [-0.05, 0) is 57.0 Å². The molecular weight excluding hydrogens is 394 g/mol. The first-order valence-corrected chi connectivity index (χ1v) is 10.2. The van der Waals surface area contributed by atoms with Crippen molar-refractivity contribution in [2.24, 2.45) is 0 Å². The molecule has 0 aliphatic heterocycles. The van der Waals surface area contributed by atoms with E-state index in [9.17, 15) is 4.79 Å². The number of rotatable bonds is 3. The number of hydrogen-bond donors (Lipinski definition) is 0. The van der Waals surface area contributed by atoms with Gasteiger partial charge in [-0.25, -0.2) is 9.78 Å². The number of aromatic nitrogens is 1. The monoisotopic (exact) mass is 415 g/mol. The van der Waals surface area contributed by atoms with Gasteiger partial charge in [0.15, 0.2) is 0 Å². The highest BCUT2D eigenvalue weighted by atomic mass is 35.5. The van der Waals surface area contributed by atoms with E-state index >= 15 is 0 Å². The molecule has 0 atom stereocenters. The lowest BCUT2D eigenvalue weighted by molar-refractivity contribution is 0.0736. The van der Waals surface area contributed by atoms with E-state index in [0.29, 0.717) is 16.3 Å². The number of carbonyl (C=O) groups excluding carboxylic acids is 1. The van der Waals surface area contributed by atoms with Crippen LogP contribution in [-0.2, 0) is 0 Å². The van der Waals surface area contributed by atoms with Gasteiger partial charge >= 0.3 is 5.97 Å². The van der Waals surface area contributed by atoms with Crippen molar-refractivity contribution in [2.75, 3.05) is 0 Å². The largest absolute Gasteiger partial charge is 0.421 e. The Morgan fingerprint density at radius 1 is 0.900 bits per heavy atom. The lowest BCUT2D eigenvalue weighted by Gasteiger charge is -2.16. The Kier molecular flexibility index (Phi) is 5.31. The minimum atomic E-state index is -0.439. The standard InChI is InChI=1S/C26H22ClNO2/c1-15-9-11-19(12-10-15)25-18(4)23(20-14-16(2)13-17(3)24(20)28-25)26(29)30-22-8-6-5-7-21(22)27/h5-14H,1-4H3. The second-order valence-electron chi connectivity index (χ2n) is 7.62. The van der Waals surface area contributed by atoms with E-state index < -0.39 is 5.97 Å². The van der Waals surface area contributed by atoms with Crippen molar-refractivity contribution < 1.29 is 9.53 Å². The Hall–Kier alpha value is -3.17. The molecule has 4 rings (SSSR count). The van der Waals surface area contributed by atoms with Crippen LogP contribution in [0.2, 0.25) is 5.02 Å². The first kappa shape index (κ1) is 20.1. The van der Waals surface area contributed by atoms with E-state index in [2.05, 4.69) is 6.07 Å². The second kappa shape index (κ2) is 7.92. The summed E-state index contributed by atoms with van der Waals surface area (Å²) < 4.78 is 5.71. The number of aryl methyl sites for hydroxylation is 3. The van der Waals surface area contributed by atoms with Crippen LogP contribution in [0.3, 0.4) is 0 Å². The number of carbonyl (C=O) groups is 1. The van der Waals surface area contributed by atoms with Crippen LogP contribution >= 0.6 is 11.6 Å². The minimum Gasteiger partial charge on any atom is -0.421 e. The number of para-hydroxylation sites is 1. The smallest absolute Gasteiger partial charge is 0.344 e. The third-order valence-corrected chi connectivity index (χ3v) is 5.55. The van der Waals surface area contributed by atoms with E-state index in [1.54, 1.807) is 24.3 Å². The molecule has 30 heavy (non-hydrogen) atoms. The van der Waals surface area contributed by atoms with Crippen LogP contribution in [0.15, 0.2) is 60.7 Å². The highest BCUT2D eigenvalue weighted by Gasteiger charge is 2.22. The molecule has 3 nitrogen and oxygen atoms in total. The van der Waals surface area contributed by atoms with Crippen LogP contribution in [0.4, 0.5) is 0 Å². The number of nitrogens with zero attached hydrogens (tertiary/aromatic N) is 1. The van der Waals surface area contributed by atoms with Crippen LogP contribution in [-0.4, -0.2) is 11.0 Å². The number of pyridine rings is 1. The second-order valence-corrected chi connectivity index (χ2v) is 8.03. The number of esters is 1. The van der Waals surface area contributed by atoms with Gasteiger partial charge in [0.2, 0.25) is 0 Å². The van der Waals surface area contributed by atoms with Gasteiger partial charge in [0.1, 0.15) is 5.75 Å². The molecule has 0 aliphatic carbocycles. The maximum Gasteiger partial charge on any atom is 0.344 e. The fraction of sp³-hybridized carbons (Fsp3) is 0.154. The van der Waals surface area contributed by atoms with Gasteiger partial charge < -0.3 is 4.74 Å². The summed E-state index contributed by atoms with van der Waals surface area (Å²) in [5.74, 6) is -0.0962. The maximum absolute atomic E-state index is 13.4. The summed E-state index contributed by atoms with van der Waals surface area (Å²) in [6.45, 7) is 7.99. The van der Waals surface area contributed by atoms with Gasteiger partial charge in [-0.1, -0.05) is 65.2 Å². The van der Waals surface area contributed by atoms with Crippen LogP contribution in [0, 0.1) is 27.7 Å². The van der Waals surface area contributed by atoms with E-state index in [1.165, 1.54) is 5.56 Å². The van der Waals surface area contributed by atoms with Gasteiger partial charge in [0.05, 0.1) is 21.8 Å². The molecule has 0 radical (unpaired) electrons. The van der Waals surface area contributed by atoms with E-state index in [1.807, 2.05) is 58.0 Å². The zero-order chi connectivity index (χ0) is 21.4. The molecule has 0 amide bonds. The molecule has 0 saturated heterocycles. The van der Waals surface area contributed by atoms with Gasteiger partial charge in [-0.2, -0.15) is 0 Å². The summed E-state index contributed by atoms with van der Waals surface area (Å²) in [4.78, 5) is 18.3. The molecule has 0 bridgehead atoms. The predicted molar refractivity (Wildman–Crippen MR) is 123 cm³/mol. The summed E-state index contributed by atoms with van der Waals surface area (Å²) in [7, 11) is 0. The molecule has 0 unspecified atom stereocenters. The molecule has 4 aromatic rings. The summed E-state index contributed by atoms with van der Waals surface area (Å²) in [5.41, 5.74) is 7.10. The molecule has 4 heteroatoms. The van der Waals surface area contributed by atoms with Gasteiger partial charge in [-0.15, -0.1) is 0 Å². The topological polar surface area (TPSA) is 39.2 Å². The van der Waals surface area contributed by atoms with Gasteiger partial charge in [-0.3, -0.25) is 0 Å². The van der Waals surface area contributed by atoms with Crippen LogP contribution in [0.5, 0.6) is 5.75 Å². The summed E-state index contributed by atoms with van der Waals surface area (Å²) in [5, 5.41) is 1.19. The molecule has 3 aromatic carbocycles. The summed E-state index contributed by atoms with van der Waals surface area (Å²) in [6, 6.07) is 19.2. The molecule has 0 spiro atoms. The van der Waals surface area contributed by atoms with E-state index in [4.69, 9.17) is 21.3 Å². The zero-order valence-electron chi connectivity index (χ0n) is 17.4. The van der Waals surface area contributed by atoms with Crippen LogP contribution < -0.4 is 4.74 Å². The van der Waals surface area contributed by atoms with Crippen molar-refractivity contribution in [1.29, 1.82) is 0 Å². The van der Waals surface area contributed by atoms with Crippen molar-refractivity contribution >= 4 is 28.5 Å². The van der Waals surface area contributed by atoms with Crippen molar-refractivity contribution in [3.05, 3.63) is 93.5 Å². The number of fused-ring (bicyclic) bond motifs is 1. The molecule has 0 N–H and O–H groups in total. The molecule has 150 valence electrons. The molecule has 0 fully saturated rings. The van der Waals surface area contributed by atoms with Crippen molar-refractivity contribution in [1.82, 2.24) is 4.98 Å². The van der Waals surface area contributed by atoms with Gasteiger partial charge in [0, 0.05) is 10.9 Å². The third kappa shape index (κ3) is 3.69. The highest BCUT2D eigenvalue weighted by Crippen LogP contribution is 2.33. The lowest BCUT2D eigenvalue weighted by Crippen LogP contribution is -2.13. The predicted octanol–water partition coefficient (Wildman–Crippen LogP) is 7.01.